The van der Waals surface area contributed by atoms with Crippen molar-refractivity contribution in [3.63, 3.8) is 0 Å². The third-order valence-electron chi connectivity index (χ3n) is 14.1. The summed E-state index contributed by atoms with van der Waals surface area (Å²) in [6, 6.07) is 0. The number of hydrogen-bond acceptors (Lipinski definition) is 5. The van der Waals surface area contributed by atoms with Crippen molar-refractivity contribution in [1.29, 1.82) is 0 Å². The molecule has 0 bridgehead atoms. The molecule has 0 aromatic rings. The second-order valence-corrected chi connectivity index (χ2v) is 21.3. The zero-order valence-corrected chi connectivity index (χ0v) is 47.6. The monoisotopic (exact) mass is 983 g/mol. The van der Waals surface area contributed by atoms with Crippen LogP contribution < -0.4 is 0 Å². The third-order valence-corrected chi connectivity index (χ3v) is 14.1. The van der Waals surface area contributed by atoms with E-state index in [2.05, 4.69) is 57.2 Å². The van der Waals surface area contributed by atoms with Crippen LogP contribution in [0.15, 0.2) is 36.5 Å². The molecule has 0 radical (unpaired) electrons. The van der Waals surface area contributed by atoms with Gasteiger partial charge < -0.3 is 14.2 Å². The highest BCUT2D eigenvalue weighted by atomic mass is 16.6. The number of esters is 2. The van der Waals surface area contributed by atoms with Crippen molar-refractivity contribution in [2.24, 2.45) is 0 Å². The van der Waals surface area contributed by atoms with Crippen LogP contribution in [0.1, 0.15) is 342 Å². The number of hydrogen-bond donors (Lipinski definition) is 0. The first kappa shape index (κ1) is 68.1. The summed E-state index contributed by atoms with van der Waals surface area (Å²) < 4.78 is 17.5. The largest absolute Gasteiger partial charge is 0.462 e. The van der Waals surface area contributed by atoms with Gasteiger partial charge >= 0.3 is 11.9 Å². The van der Waals surface area contributed by atoms with Gasteiger partial charge in [0.1, 0.15) is 6.61 Å². The molecule has 0 spiro atoms. The Kier molecular flexibility index (Phi) is 59.8. The second kappa shape index (κ2) is 61.4. The van der Waals surface area contributed by atoms with Crippen LogP contribution in [0, 0.1) is 0 Å². The SMILES string of the molecule is CCCCC/C=C\C/C=C\CCCCCCCCCCCCOCC(COC(=O)CCCCCCCCCCC/C=C\CCCCCCCC)OC(=O)CCCCCCCCCCCCCCCCC. The van der Waals surface area contributed by atoms with Gasteiger partial charge in [-0.2, -0.15) is 0 Å². The van der Waals surface area contributed by atoms with Gasteiger partial charge in [-0.05, 0) is 77.0 Å². The Morgan fingerprint density at radius 1 is 0.314 bits per heavy atom. The minimum Gasteiger partial charge on any atom is -0.462 e. The average Bonchev–Trinajstić information content (AvgIpc) is 3.36. The number of allylic oxidation sites excluding steroid dienone is 6. The van der Waals surface area contributed by atoms with Gasteiger partial charge in [0.05, 0.1) is 6.61 Å². The van der Waals surface area contributed by atoms with Crippen LogP contribution >= 0.6 is 0 Å². The molecule has 1 unspecified atom stereocenters. The lowest BCUT2D eigenvalue weighted by Crippen LogP contribution is -2.30. The summed E-state index contributed by atoms with van der Waals surface area (Å²) >= 11 is 0. The fourth-order valence-corrected chi connectivity index (χ4v) is 9.42. The van der Waals surface area contributed by atoms with E-state index in [4.69, 9.17) is 14.2 Å². The van der Waals surface area contributed by atoms with Crippen LogP contribution in [0.5, 0.6) is 0 Å². The van der Waals surface area contributed by atoms with Gasteiger partial charge in [-0.1, -0.05) is 288 Å². The topological polar surface area (TPSA) is 61.8 Å². The van der Waals surface area contributed by atoms with Crippen molar-refractivity contribution in [2.75, 3.05) is 19.8 Å². The number of ether oxygens (including phenoxy) is 3. The summed E-state index contributed by atoms with van der Waals surface area (Å²) in [5.74, 6) is -0.378. The van der Waals surface area contributed by atoms with Crippen LogP contribution in [0.4, 0.5) is 0 Å². The number of unbranched alkanes of at least 4 members (excludes halogenated alkanes) is 42. The molecule has 0 saturated carbocycles. The molecule has 0 heterocycles. The first-order valence-corrected chi connectivity index (χ1v) is 31.5. The van der Waals surface area contributed by atoms with E-state index in [0.717, 1.165) is 44.9 Å². The Morgan fingerprint density at radius 2 is 0.600 bits per heavy atom. The maximum atomic E-state index is 12.9. The fourth-order valence-electron chi connectivity index (χ4n) is 9.42. The first-order chi connectivity index (χ1) is 34.6. The molecule has 0 aliphatic carbocycles. The Bertz CT molecular complexity index is 1110. The van der Waals surface area contributed by atoms with E-state index in [9.17, 15) is 9.59 Å². The second-order valence-electron chi connectivity index (χ2n) is 21.3. The highest BCUT2D eigenvalue weighted by Crippen LogP contribution is 2.17. The normalized spacial score (nSPS) is 12.3. The molecule has 0 saturated heterocycles. The van der Waals surface area contributed by atoms with Gasteiger partial charge in [-0.3, -0.25) is 9.59 Å². The Morgan fingerprint density at radius 3 is 0.986 bits per heavy atom. The van der Waals surface area contributed by atoms with Gasteiger partial charge in [0, 0.05) is 19.4 Å². The summed E-state index contributed by atoms with van der Waals surface area (Å²) in [5, 5.41) is 0. The molecule has 0 fully saturated rings. The van der Waals surface area contributed by atoms with E-state index in [1.54, 1.807) is 0 Å². The lowest BCUT2D eigenvalue weighted by molar-refractivity contribution is -0.163. The summed E-state index contributed by atoms with van der Waals surface area (Å²) in [5.41, 5.74) is 0. The Labute approximate surface area is 438 Å². The molecular formula is C65H122O5. The molecule has 70 heavy (non-hydrogen) atoms. The number of rotatable bonds is 59. The quantitative estimate of drug-likeness (QED) is 0.0345. The van der Waals surface area contributed by atoms with Gasteiger partial charge in [0.2, 0.25) is 0 Å². The van der Waals surface area contributed by atoms with Gasteiger partial charge in [0.15, 0.2) is 6.10 Å². The predicted molar refractivity (Wildman–Crippen MR) is 307 cm³/mol. The van der Waals surface area contributed by atoms with E-state index < -0.39 is 6.10 Å². The van der Waals surface area contributed by atoms with Crippen molar-refractivity contribution in [1.82, 2.24) is 0 Å². The summed E-state index contributed by atoms with van der Waals surface area (Å²) in [4.78, 5) is 25.6. The molecule has 0 aliphatic rings. The molecule has 0 aliphatic heterocycles. The molecule has 412 valence electrons. The van der Waals surface area contributed by atoms with Crippen LogP contribution in [0.3, 0.4) is 0 Å². The maximum Gasteiger partial charge on any atom is 0.306 e. The third kappa shape index (κ3) is 58.7. The highest BCUT2D eigenvalue weighted by molar-refractivity contribution is 5.70. The Hall–Kier alpha value is -1.88. The van der Waals surface area contributed by atoms with E-state index in [1.165, 1.54) is 263 Å². The molecule has 0 aromatic heterocycles. The molecule has 0 rings (SSSR count). The molecule has 0 N–H and O–H groups in total. The smallest absolute Gasteiger partial charge is 0.306 e. The fraction of sp³-hybridized carbons (Fsp3) is 0.877. The zero-order chi connectivity index (χ0) is 50.6. The van der Waals surface area contributed by atoms with Crippen molar-refractivity contribution in [3.05, 3.63) is 36.5 Å². The van der Waals surface area contributed by atoms with Crippen LogP contribution in [-0.4, -0.2) is 37.9 Å². The summed E-state index contributed by atoms with van der Waals surface area (Å²) in [7, 11) is 0. The van der Waals surface area contributed by atoms with Crippen molar-refractivity contribution in [2.45, 2.75) is 348 Å². The van der Waals surface area contributed by atoms with E-state index in [0.29, 0.717) is 26.1 Å². The molecule has 1 atom stereocenters. The summed E-state index contributed by atoms with van der Waals surface area (Å²) in [6.07, 6.45) is 76.0. The maximum absolute atomic E-state index is 12.9. The van der Waals surface area contributed by atoms with E-state index in [-0.39, 0.29) is 18.5 Å². The van der Waals surface area contributed by atoms with Crippen molar-refractivity contribution < 1.29 is 23.8 Å². The molecule has 0 aromatic carbocycles. The molecule has 5 heteroatoms. The molecule has 5 nitrogen and oxygen atoms in total. The van der Waals surface area contributed by atoms with Gasteiger partial charge in [-0.15, -0.1) is 0 Å². The summed E-state index contributed by atoms with van der Waals surface area (Å²) in [6.45, 7) is 7.86. The lowest BCUT2D eigenvalue weighted by atomic mass is 10.0. The predicted octanol–water partition coefficient (Wildman–Crippen LogP) is 21.7. The van der Waals surface area contributed by atoms with Crippen LogP contribution in [0.2, 0.25) is 0 Å². The first-order valence-electron chi connectivity index (χ1n) is 31.5. The molecular weight excluding hydrogens is 861 g/mol. The average molecular weight is 984 g/mol. The van der Waals surface area contributed by atoms with E-state index >= 15 is 0 Å². The number of carbonyl (C=O) groups excluding carboxylic acids is 2. The standard InChI is InChI=1S/C65H122O5/c1-4-7-10-13-16-19-22-25-28-30-32-34-36-39-42-45-48-51-54-57-60-68-61-63(70-65(67)59-56-53-50-47-44-41-37-27-24-21-18-15-12-9-6-3)62-69-64(66)58-55-52-49-46-43-40-38-35-33-31-29-26-23-20-17-14-11-8-5-2/h16,19,25-26,28-29,63H,4-15,17-18,20-24,27,30-62H2,1-3H3/b19-16-,28-25-,29-26-. The van der Waals surface area contributed by atoms with Crippen LogP contribution in [-0.2, 0) is 23.8 Å². The van der Waals surface area contributed by atoms with Crippen molar-refractivity contribution >= 4 is 11.9 Å². The molecule has 0 amide bonds. The van der Waals surface area contributed by atoms with E-state index in [1.807, 2.05) is 0 Å². The number of carbonyl (C=O) groups is 2. The van der Waals surface area contributed by atoms with Gasteiger partial charge in [0.25, 0.3) is 0 Å². The van der Waals surface area contributed by atoms with Crippen LogP contribution in [0.25, 0.3) is 0 Å². The van der Waals surface area contributed by atoms with Crippen molar-refractivity contribution in [3.8, 4) is 0 Å². The minimum absolute atomic E-state index is 0.0892. The Balaban J connectivity index is 4.22. The zero-order valence-electron chi connectivity index (χ0n) is 47.6. The minimum atomic E-state index is -0.535. The van der Waals surface area contributed by atoms with Gasteiger partial charge in [-0.25, -0.2) is 0 Å². The highest BCUT2D eigenvalue weighted by Gasteiger charge is 2.18. The lowest BCUT2D eigenvalue weighted by Gasteiger charge is -2.18.